The van der Waals surface area contributed by atoms with Gasteiger partial charge in [0.15, 0.2) is 11.6 Å². The van der Waals surface area contributed by atoms with Gasteiger partial charge < -0.3 is 14.8 Å². The molecule has 0 aliphatic heterocycles. The van der Waals surface area contributed by atoms with Crippen LogP contribution in [0.15, 0.2) is 36.4 Å². The average molecular weight is 282 g/mol. The summed E-state index contributed by atoms with van der Waals surface area (Å²) in [5.41, 5.74) is 0.115. The molecule has 0 radical (unpaired) electrons. The van der Waals surface area contributed by atoms with Gasteiger partial charge in [-0.05, 0) is 23.8 Å². The summed E-state index contributed by atoms with van der Waals surface area (Å²) in [6.07, 6.45) is 0. The van der Waals surface area contributed by atoms with E-state index in [0.29, 0.717) is 11.6 Å². The van der Waals surface area contributed by atoms with Crippen LogP contribution in [0.1, 0.15) is 5.56 Å². The van der Waals surface area contributed by atoms with Gasteiger partial charge >= 0.3 is 7.12 Å². The van der Waals surface area contributed by atoms with E-state index in [2.05, 4.69) is 0 Å². The van der Waals surface area contributed by atoms with E-state index in [-0.39, 0.29) is 17.8 Å². The van der Waals surface area contributed by atoms with Gasteiger partial charge in [-0.25, -0.2) is 13.2 Å². The maximum Gasteiger partial charge on any atom is 0.491 e. The summed E-state index contributed by atoms with van der Waals surface area (Å²) in [6.45, 7) is -0.122. The second-order valence-electron chi connectivity index (χ2n) is 4.09. The molecule has 0 aliphatic carbocycles. The summed E-state index contributed by atoms with van der Waals surface area (Å²) in [5.74, 6) is -2.49. The zero-order chi connectivity index (χ0) is 14.7. The minimum atomic E-state index is -1.95. The van der Waals surface area contributed by atoms with Crippen LogP contribution >= 0.6 is 0 Å². The van der Waals surface area contributed by atoms with Crippen LogP contribution < -0.4 is 10.2 Å². The molecule has 3 nitrogen and oxygen atoms in total. The molecule has 0 amide bonds. The quantitative estimate of drug-likeness (QED) is 0.832. The molecule has 2 rings (SSSR count). The van der Waals surface area contributed by atoms with E-state index in [1.165, 1.54) is 12.1 Å². The molecule has 0 bridgehead atoms. The van der Waals surface area contributed by atoms with Crippen molar-refractivity contribution in [2.45, 2.75) is 6.61 Å². The molecule has 0 aliphatic rings. The smallest absolute Gasteiger partial charge is 0.486 e. The molecule has 0 fully saturated rings. The van der Waals surface area contributed by atoms with E-state index in [9.17, 15) is 13.2 Å². The third-order valence-electron chi connectivity index (χ3n) is 2.63. The van der Waals surface area contributed by atoms with E-state index < -0.39 is 24.6 Å². The number of benzene rings is 2. The number of hydrogen-bond acceptors (Lipinski definition) is 3. The van der Waals surface area contributed by atoms with Crippen molar-refractivity contribution in [3.63, 3.8) is 0 Å². The van der Waals surface area contributed by atoms with Gasteiger partial charge in [-0.1, -0.05) is 12.1 Å². The first-order valence-electron chi connectivity index (χ1n) is 5.69. The molecule has 0 aromatic heterocycles. The fraction of sp³-hybridized carbons (Fsp3) is 0.0769. The van der Waals surface area contributed by atoms with Crippen LogP contribution in [0.2, 0.25) is 0 Å². The molecule has 0 saturated carbocycles. The van der Waals surface area contributed by atoms with E-state index in [1.807, 2.05) is 0 Å². The van der Waals surface area contributed by atoms with Crippen LogP contribution in [0.5, 0.6) is 5.75 Å². The Labute approximate surface area is 113 Å². The lowest BCUT2D eigenvalue weighted by Crippen LogP contribution is -2.33. The fourth-order valence-corrected chi connectivity index (χ4v) is 1.63. The van der Waals surface area contributed by atoms with E-state index in [1.54, 1.807) is 0 Å². The predicted molar refractivity (Wildman–Crippen MR) is 66.9 cm³/mol. The monoisotopic (exact) mass is 282 g/mol. The van der Waals surface area contributed by atoms with Gasteiger partial charge in [0.2, 0.25) is 0 Å². The lowest BCUT2D eigenvalue weighted by atomic mass is 9.79. The molecule has 0 unspecified atom stereocenters. The van der Waals surface area contributed by atoms with Crippen molar-refractivity contribution in [1.82, 2.24) is 0 Å². The Balaban J connectivity index is 2.13. The molecule has 20 heavy (non-hydrogen) atoms. The van der Waals surface area contributed by atoms with Crippen LogP contribution in [0.25, 0.3) is 0 Å². The molecule has 7 heteroatoms. The SMILES string of the molecule is OB(O)c1cc(COc2ccc(F)cc2F)ccc1F. The Morgan fingerprint density at radius 2 is 1.70 bits per heavy atom. The fourth-order valence-electron chi connectivity index (χ4n) is 1.63. The average Bonchev–Trinajstić information content (AvgIpc) is 2.39. The van der Waals surface area contributed by atoms with Crippen molar-refractivity contribution < 1.29 is 28.0 Å². The normalized spacial score (nSPS) is 10.4. The van der Waals surface area contributed by atoms with E-state index >= 15 is 0 Å². The highest BCUT2D eigenvalue weighted by Gasteiger charge is 2.17. The highest BCUT2D eigenvalue weighted by atomic mass is 19.1. The summed E-state index contributed by atoms with van der Waals surface area (Å²) in [7, 11) is -1.95. The number of halogens is 3. The topological polar surface area (TPSA) is 49.7 Å². The molecule has 0 atom stereocenters. The zero-order valence-corrected chi connectivity index (χ0v) is 10.2. The molecule has 0 saturated heterocycles. The third-order valence-corrected chi connectivity index (χ3v) is 2.63. The minimum Gasteiger partial charge on any atom is -0.486 e. The number of hydrogen-bond donors (Lipinski definition) is 2. The van der Waals surface area contributed by atoms with Crippen LogP contribution in [-0.4, -0.2) is 17.2 Å². The standard InChI is InChI=1S/C13H10BF3O3/c15-9-2-4-13(12(17)6-9)20-7-8-1-3-11(16)10(5-8)14(18)19/h1-6,18-19H,7H2. The first-order valence-corrected chi connectivity index (χ1v) is 5.69. The van der Waals surface area contributed by atoms with Crippen molar-refractivity contribution in [3.8, 4) is 5.75 Å². The molecule has 0 spiro atoms. The van der Waals surface area contributed by atoms with Crippen LogP contribution in [-0.2, 0) is 6.61 Å². The van der Waals surface area contributed by atoms with Gasteiger partial charge in [-0.15, -0.1) is 0 Å². The second-order valence-corrected chi connectivity index (χ2v) is 4.09. The zero-order valence-electron chi connectivity index (χ0n) is 10.2. The van der Waals surface area contributed by atoms with Gasteiger partial charge in [-0.3, -0.25) is 0 Å². The minimum absolute atomic E-state index is 0.122. The Morgan fingerprint density at radius 1 is 0.950 bits per heavy atom. The first-order chi connectivity index (χ1) is 9.47. The van der Waals surface area contributed by atoms with Crippen molar-refractivity contribution in [2.24, 2.45) is 0 Å². The summed E-state index contributed by atoms with van der Waals surface area (Å²) >= 11 is 0. The van der Waals surface area contributed by atoms with E-state index in [0.717, 1.165) is 18.2 Å². The van der Waals surface area contributed by atoms with Gasteiger partial charge in [-0.2, -0.15) is 0 Å². The maximum absolute atomic E-state index is 13.3. The Bertz CT molecular complexity index is 620. The molecule has 2 N–H and O–H groups in total. The summed E-state index contributed by atoms with van der Waals surface area (Å²) in [5, 5.41) is 17.9. The number of rotatable bonds is 4. The molecular weight excluding hydrogens is 272 g/mol. The van der Waals surface area contributed by atoms with Crippen molar-refractivity contribution in [2.75, 3.05) is 0 Å². The highest BCUT2D eigenvalue weighted by molar-refractivity contribution is 6.58. The Hall–Kier alpha value is -1.99. The molecule has 104 valence electrons. The number of ether oxygens (including phenoxy) is 1. The summed E-state index contributed by atoms with van der Waals surface area (Å²) in [6, 6.07) is 6.48. The summed E-state index contributed by atoms with van der Waals surface area (Å²) in [4.78, 5) is 0. The van der Waals surface area contributed by atoms with Gasteiger partial charge in [0.25, 0.3) is 0 Å². The van der Waals surface area contributed by atoms with Crippen LogP contribution in [0, 0.1) is 17.5 Å². The third kappa shape index (κ3) is 3.31. The summed E-state index contributed by atoms with van der Waals surface area (Å²) < 4.78 is 44.4. The van der Waals surface area contributed by atoms with Crippen LogP contribution in [0.3, 0.4) is 0 Å². The maximum atomic E-state index is 13.3. The lowest BCUT2D eigenvalue weighted by molar-refractivity contribution is 0.289. The lowest BCUT2D eigenvalue weighted by Gasteiger charge is -2.09. The molecule has 2 aromatic rings. The largest absolute Gasteiger partial charge is 0.491 e. The Morgan fingerprint density at radius 3 is 2.35 bits per heavy atom. The van der Waals surface area contributed by atoms with Crippen LogP contribution in [0.4, 0.5) is 13.2 Å². The van der Waals surface area contributed by atoms with Gasteiger partial charge in [0.05, 0.1) is 0 Å². The molecular formula is C13H10BF3O3. The predicted octanol–water partition coefficient (Wildman–Crippen LogP) is 1.36. The second kappa shape index (κ2) is 5.98. The first kappa shape index (κ1) is 14.4. The van der Waals surface area contributed by atoms with E-state index in [4.69, 9.17) is 14.8 Å². The highest BCUT2D eigenvalue weighted by Crippen LogP contribution is 2.18. The Kier molecular flexibility index (Phi) is 4.31. The van der Waals surface area contributed by atoms with Crippen molar-refractivity contribution in [1.29, 1.82) is 0 Å². The van der Waals surface area contributed by atoms with Crippen molar-refractivity contribution >= 4 is 12.6 Å². The molecule has 2 aromatic carbocycles. The van der Waals surface area contributed by atoms with Crippen molar-refractivity contribution in [3.05, 3.63) is 59.4 Å². The van der Waals surface area contributed by atoms with Gasteiger partial charge in [0, 0.05) is 11.5 Å². The molecule has 0 heterocycles. The van der Waals surface area contributed by atoms with Gasteiger partial charge in [0.1, 0.15) is 18.2 Å².